The third-order valence-corrected chi connectivity index (χ3v) is 2.66. The lowest BCUT2D eigenvalue weighted by atomic mass is 10.2. The van der Waals surface area contributed by atoms with Crippen molar-refractivity contribution in [2.45, 2.75) is 0 Å². The van der Waals surface area contributed by atoms with Crippen molar-refractivity contribution in [3.63, 3.8) is 0 Å². The Morgan fingerprint density at radius 1 is 1.19 bits per heavy atom. The van der Waals surface area contributed by atoms with Gasteiger partial charge in [-0.1, -0.05) is 0 Å². The molecular weight excluding hydrogens is 274 g/mol. The molecule has 1 amide bonds. The van der Waals surface area contributed by atoms with Crippen LogP contribution < -0.4 is 4.74 Å². The number of rotatable bonds is 4. The normalized spacial score (nSPS) is 10.0. The van der Waals surface area contributed by atoms with Crippen molar-refractivity contribution in [1.29, 1.82) is 0 Å². The van der Waals surface area contributed by atoms with Crippen LogP contribution in [0.3, 0.4) is 0 Å². The summed E-state index contributed by atoms with van der Waals surface area (Å²) in [5.41, 5.74) is 0.443. The van der Waals surface area contributed by atoms with E-state index in [1.165, 1.54) is 17.0 Å². The van der Waals surface area contributed by atoms with E-state index in [4.69, 9.17) is 4.74 Å². The van der Waals surface area contributed by atoms with E-state index in [0.29, 0.717) is 11.3 Å². The monoisotopic (exact) mass is 287 g/mol. The lowest BCUT2D eigenvalue weighted by Gasteiger charge is -2.10. The highest BCUT2D eigenvalue weighted by Gasteiger charge is 2.09. The molecule has 0 radical (unpaired) electrons. The molecule has 0 saturated carbocycles. The van der Waals surface area contributed by atoms with Gasteiger partial charge in [0.1, 0.15) is 11.9 Å². The van der Waals surface area contributed by atoms with Crippen LogP contribution in [0.25, 0.3) is 0 Å². The molecule has 0 bridgehead atoms. The lowest BCUT2D eigenvalue weighted by Crippen LogP contribution is -2.21. The van der Waals surface area contributed by atoms with Crippen LogP contribution in [0, 0.1) is 10.1 Å². The summed E-state index contributed by atoms with van der Waals surface area (Å²) in [6.45, 7) is 0. The average molecular weight is 287 g/mol. The van der Waals surface area contributed by atoms with Gasteiger partial charge in [-0.15, -0.1) is 0 Å². The fourth-order valence-corrected chi connectivity index (χ4v) is 1.59. The number of amides is 1. The quantitative estimate of drug-likeness (QED) is 0.637. The predicted octanol–water partition coefficient (Wildman–Crippen LogP) is 2.48. The molecule has 0 spiro atoms. The van der Waals surface area contributed by atoms with Crippen molar-refractivity contribution in [3.05, 3.63) is 58.3 Å². The molecular formula is C14H13N3O4. The predicted molar refractivity (Wildman–Crippen MR) is 75.4 cm³/mol. The number of ether oxygens (including phenoxy) is 1. The number of nitro groups is 1. The average Bonchev–Trinajstić information content (AvgIpc) is 2.47. The van der Waals surface area contributed by atoms with E-state index in [2.05, 4.69) is 4.98 Å². The molecule has 0 fully saturated rings. The number of aromatic nitrogens is 1. The van der Waals surface area contributed by atoms with Gasteiger partial charge in [-0.2, -0.15) is 0 Å². The highest BCUT2D eigenvalue weighted by Crippen LogP contribution is 2.21. The van der Waals surface area contributed by atoms with E-state index in [1.807, 2.05) is 0 Å². The topological polar surface area (TPSA) is 85.6 Å². The van der Waals surface area contributed by atoms with Gasteiger partial charge in [0.25, 0.3) is 11.6 Å². The molecule has 0 aliphatic heterocycles. The van der Waals surface area contributed by atoms with Crippen molar-refractivity contribution >= 4 is 11.6 Å². The Labute approximate surface area is 120 Å². The van der Waals surface area contributed by atoms with Gasteiger partial charge in [0.15, 0.2) is 0 Å². The fraction of sp³-hybridized carbons (Fsp3) is 0.143. The van der Waals surface area contributed by atoms with Crippen molar-refractivity contribution in [2.75, 3.05) is 14.1 Å². The molecule has 21 heavy (non-hydrogen) atoms. The van der Waals surface area contributed by atoms with Gasteiger partial charge in [0.2, 0.25) is 5.88 Å². The van der Waals surface area contributed by atoms with Crippen LogP contribution in [0.15, 0.2) is 42.6 Å². The fourth-order valence-electron chi connectivity index (χ4n) is 1.59. The molecule has 0 atom stereocenters. The molecule has 1 aromatic heterocycles. The Morgan fingerprint density at radius 3 is 2.33 bits per heavy atom. The minimum atomic E-state index is -0.529. The van der Waals surface area contributed by atoms with Crippen LogP contribution in [0.1, 0.15) is 10.4 Å². The molecule has 0 saturated heterocycles. The molecule has 1 heterocycles. The zero-order valence-corrected chi connectivity index (χ0v) is 11.5. The highest BCUT2D eigenvalue weighted by atomic mass is 16.6. The zero-order valence-electron chi connectivity index (χ0n) is 11.5. The second kappa shape index (κ2) is 6.00. The van der Waals surface area contributed by atoms with Crippen LogP contribution >= 0.6 is 0 Å². The SMILES string of the molecule is CN(C)C(=O)c1ccc(Oc2ccc([N+](=O)[O-])cn2)cc1. The van der Waals surface area contributed by atoms with Crippen LogP contribution in [0.4, 0.5) is 5.69 Å². The van der Waals surface area contributed by atoms with Gasteiger partial charge in [0, 0.05) is 31.8 Å². The molecule has 1 aromatic carbocycles. The summed E-state index contributed by atoms with van der Waals surface area (Å²) in [5.74, 6) is 0.633. The number of hydrogen-bond donors (Lipinski definition) is 0. The Balaban J connectivity index is 2.09. The maximum Gasteiger partial charge on any atom is 0.287 e. The largest absolute Gasteiger partial charge is 0.439 e. The molecule has 0 N–H and O–H groups in total. The third kappa shape index (κ3) is 3.53. The second-order valence-corrected chi connectivity index (χ2v) is 4.44. The van der Waals surface area contributed by atoms with Gasteiger partial charge < -0.3 is 9.64 Å². The number of benzene rings is 1. The van der Waals surface area contributed by atoms with E-state index >= 15 is 0 Å². The second-order valence-electron chi connectivity index (χ2n) is 4.44. The number of pyridine rings is 1. The number of carbonyl (C=O) groups is 1. The summed E-state index contributed by atoms with van der Waals surface area (Å²) in [7, 11) is 3.35. The molecule has 0 unspecified atom stereocenters. The smallest absolute Gasteiger partial charge is 0.287 e. The van der Waals surface area contributed by atoms with Gasteiger partial charge in [0.05, 0.1) is 4.92 Å². The Hall–Kier alpha value is -2.96. The first-order valence-electron chi connectivity index (χ1n) is 6.07. The third-order valence-electron chi connectivity index (χ3n) is 2.66. The molecule has 7 heteroatoms. The first kappa shape index (κ1) is 14.4. The Kier molecular flexibility index (Phi) is 4.13. The summed E-state index contributed by atoms with van der Waals surface area (Å²) >= 11 is 0. The Morgan fingerprint density at radius 2 is 1.86 bits per heavy atom. The summed E-state index contributed by atoms with van der Waals surface area (Å²) in [4.78, 5) is 27.0. The molecule has 7 nitrogen and oxygen atoms in total. The molecule has 0 aliphatic carbocycles. The summed E-state index contributed by atoms with van der Waals surface area (Å²) < 4.78 is 5.45. The van der Waals surface area contributed by atoms with Crippen molar-refractivity contribution in [1.82, 2.24) is 9.88 Å². The van der Waals surface area contributed by atoms with Crippen molar-refractivity contribution in [3.8, 4) is 11.6 Å². The van der Waals surface area contributed by atoms with Crippen LogP contribution in [-0.2, 0) is 0 Å². The zero-order chi connectivity index (χ0) is 15.4. The number of carbonyl (C=O) groups excluding carboxylic acids is 1. The van der Waals surface area contributed by atoms with E-state index < -0.39 is 4.92 Å². The molecule has 108 valence electrons. The minimum Gasteiger partial charge on any atom is -0.439 e. The van der Waals surface area contributed by atoms with Crippen molar-refractivity contribution in [2.24, 2.45) is 0 Å². The summed E-state index contributed by atoms with van der Waals surface area (Å²) in [6.07, 6.45) is 1.12. The summed E-state index contributed by atoms with van der Waals surface area (Å²) in [5, 5.41) is 10.5. The molecule has 2 rings (SSSR count). The number of hydrogen-bond acceptors (Lipinski definition) is 5. The van der Waals surface area contributed by atoms with Crippen LogP contribution in [0.5, 0.6) is 11.6 Å². The molecule has 0 aliphatic rings. The van der Waals surface area contributed by atoms with Crippen molar-refractivity contribution < 1.29 is 14.5 Å². The van der Waals surface area contributed by atoms with Gasteiger partial charge in [-0.05, 0) is 24.3 Å². The number of nitrogens with zero attached hydrogens (tertiary/aromatic N) is 3. The Bertz CT molecular complexity index is 651. The van der Waals surface area contributed by atoms with E-state index in [-0.39, 0.29) is 17.5 Å². The van der Waals surface area contributed by atoms with Gasteiger partial charge in [-0.25, -0.2) is 4.98 Å². The van der Waals surface area contributed by atoms with Crippen LogP contribution in [-0.4, -0.2) is 34.8 Å². The van der Waals surface area contributed by atoms with E-state index in [9.17, 15) is 14.9 Å². The lowest BCUT2D eigenvalue weighted by molar-refractivity contribution is -0.385. The molecule has 2 aromatic rings. The first-order valence-corrected chi connectivity index (χ1v) is 6.07. The van der Waals surface area contributed by atoms with E-state index in [0.717, 1.165) is 6.20 Å². The summed E-state index contributed by atoms with van der Waals surface area (Å²) in [6, 6.07) is 9.29. The van der Waals surface area contributed by atoms with Gasteiger partial charge >= 0.3 is 0 Å². The van der Waals surface area contributed by atoms with E-state index in [1.54, 1.807) is 38.4 Å². The standard InChI is InChI=1S/C14H13N3O4/c1-16(2)14(18)10-3-6-12(7-4-10)21-13-8-5-11(9-15-13)17(19)20/h3-9H,1-2H3. The van der Waals surface area contributed by atoms with Crippen LogP contribution in [0.2, 0.25) is 0 Å². The maximum atomic E-state index is 11.7. The first-order chi connectivity index (χ1) is 9.97. The van der Waals surface area contributed by atoms with Gasteiger partial charge in [-0.3, -0.25) is 14.9 Å². The highest BCUT2D eigenvalue weighted by molar-refractivity contribution is 5.93. The maximum absolute atomic E-state index is 11.7. The minimum absolute atomic E-state index is 0.102.